The van der Waals surface area contributed by atoms with Crippen molar-refractivity contribution in [3.05, 3.63) is 35.6 Å². The SMILES string of the molecule is CCCCC(CC)(CNCCC)Cc1ccccc1F. The number of unbranched alkanes of at least 4 members (excludes halogenated alkanes) is 1. The summed E-state index contributed by atoms with van der Waals surface area (Å²) in [4.78, 5) is 0. The summed E-state index contributed by atoms with van der Waals surface area (Å²) in [5.74, 6) is -0.0580. The van der Waals surface area contributed by atoms with Gasteiger partial charge in [0.15, 0.2) is 0 Å². The Morgan fingerprint density at radius 3 is 2.45 bits per heavy atom. The van der Waals surface area contributed by atoms with E-state index in [4.69, 9.17) is 0 Å². The van der Waals surface area contributed by atoms with E-state index in [0.29, 0.717) is 0 Å². The highest BCUT2D eigenvalue weighted by Crippen LogP contribution is 2.33. The molecule has 0 aliphatic carbocycles. The summed E-state index contributed by atoms with van der Waals surface area (Å²) in [5, 5.41) is 3.55. The second kappa shape index (κ2) is 9.12. The fourth-order valence-electron chi connectivity index (χ4n) is 2.79. The Labute approximate surface area is 124 Å². The van der Waals surface area contributed by atoms with Crippen LogP contribution in [0.15, 0.2) is 24.3 Å². The van der Waals surface area contributed by atoms with Crippen LogP contribution in [0.4, 0.5) is 4.39 Å². The molecule has 0 fully saturated rings. The molecule has 1 nitrogen and oxygen atoms in total. The van der Waals surface area contributed by atoms with Crippen LogP contribution in [0.5, 0.6) is 0 Å². The minimum absolute atomic E-state index is 0.0580. The van der Waals surface area contributed by atoms with E-state index < -0.39 is 0 Å². The molecule has 1 rings (SSSR count). The molecule has 114 valence electrons. The molecule has 0 heterocycles. The lowest BCUT2D eigenvalue weighted by Gasteiger charge is -2.34. The number of hydrogen-bond donors (Lipinski definition) is 1. The smallest absolute Gasteiger partial charge is 0.126 e. The third-order valence-electron chi connectivity index (χ3n) is 4.26. The van der Waals surface area contributed by atoms with Crippen LogP contribution < -0.4 is 5.32 Å². The minimum Gasteiger partial charge on any atom is -0.316 e. The standard InChI is InChI=1S/C18H30FN/c1-4-7-12-18(6-3,15-20-13-5-2)14-16-10-8-9-11-17(16)19/h8-11,20H,4-7,12-15H2,1-3H3. The first kappa shape index (κ1) is 17.2. The van der Waals surface area contributed by atoms with Gasteiger partial charge in [-0.15, -0.1) is 0 Å². The molecule has 0 saturated carbocycles. The van der Waals surface area contributed by atoms with Crippen molar-refractivity contribution in [1.29, 1.82) is 0 Å². The van der Waals surface area contributed by atoms with Crippen LogP contribution in [0, 0.1) is 11.2 Å². The van der Waals surface area contributed by atoms with Crippen molar-refractivity contribution in [3.63, 3.8) is 0 Å². The lowest BCUT2D eigenvalue weighted by Crippen LogP contribution is -2.36. The van der Waals surface area contributed by atoms with E-state index in [2.05, 4.69) is 26.1 Å². The zero-order valence-corrected chi connectivity index (χ0v) is 13.3. The van der Waals surface area contributed by atoms with Crippen molar-refractivity contribution < 1.29 is 4.39 Å². The van der Waals surface area contributed by atoms with Crippen molar-refractivity contribution in [3.8, 4) is 0 Å². The van der Waals surface area contributed by atoms with Gasteiger partial charge in [0.05, 0.1) is 0 Å². The van der Waals surface area contributed by atoms with E-state index in [9.17, 15) is 4.39 Å². The van der Waals surface area contributed by atoms with Crippen LogP contribution in [0.25, 0.3) is 0 Å². The normalized spacial score (nSPS) is 14.2. The molecule has 0 saturated heterocycles. The van der Waals surface area contributed by atoms with Crippen molar-refractivity contribution in [2.75, 3.05) is 13.1 Å². The predicted molar refractivity (Wildman–Crippen MR) is 85.5 cm³/mol. The zero-order valence-electron chi connectivity index (χ0n) is 13.3. The van der Waals surface area contributed by atoms with E-state index in [1.165, 1.54) is 19.3 Å². The molecule has 0 aliphatic rings. The average Bonchev–Trinajstić information content (AvgIpc) is 2.47. The van der Waals surface area contributed by atoms with Crippen molar-refractivity contribution >= 4 is 0 Å². The molecule has 20 heavy (non-hydrogen) atoms. The van der Waals surface area contributed by atoms with E-state index in [1.54, 1.807) is 12.1 Å². The van der Waals surface area contributed by atoms with Crippen molar-refractivity contribution in [2.24, 2.45) is 5.41 Å². The Hall–Kier alpha value is -0.890. The number of hydrogen-bond acceptors (Lipinski definition) is 1. The second-order valence-corrected chi connectivity index (χ2v) is 5.90. The van der Waals surface area contributed by atoms with E-state index in [-0.39, 0.29) is 11.2 Å². The summed E-state index contributed by atoms with van der Waals surface area (Å²) in [6.07, 6.45) is 6.67. The molecule has 0 amide bonds. The fraction of sp³-hybridized carbons (Fsp3) is 0.667. The van der Waals surface area contributed by atoms with Gasteiger partial charge in [0.1, 0.15) is 5.82 Å². The molecular formula is C18H30FN. The highest BCUT2D eigenvalue weighted by molar-refractivity contribution is 5.19. The fourth-order valence-corrected chi connectivity index (χ4v) is 2.79. The second-order valence-electron chi connectivity index (χ2n) is 5.90. The summed E-state index contributed by atoms with van der Waals surface area (Å²) in [6.45, 7) is 8.69. The maximum atomic E-state index is 13.9. The van der Waals surface area contributed by atoms with Gasteiger partial charge in [-0.3, -0.25) is 0 Å². The Bertz CT molecular complexity index is 377. The zero-order chi connectivity index (χ0) is 14.8. The molecule has 0 radical (unpaired) electrons. The molecule has 0 spiro atoms. The van der Waals surface area contributed by atoms with Crippen molar-refractivity contribution in [2.45, 2.75) is 59.3 Å². The summed E-state index contributed by atoms with van der Waals surface area (Å²) >= 11 is 0. The summed E-state index contributed by atoms with van der Waals surface area (Å²) < 4.78 is 13.9. The minimum atomic E-state index is -0.0580. The first-order chi connectivity index (χ1) is 9.67. The van der Waals surface area contributed by atoms with Gasteiger partial charge in [-0.1, -0.05) is 51.8 Å². The molecular weight excluding hydrogens is 249 g/mol. The lowest BCUT2D eigenvalue weighted by molar-refractivity contribution is 0.227. The first-order valence-corrected chi connectivity index (χ1v) is 8.11. The van der Waals surface area contributed by atoms with Gasteiger partial charge in [-0.2, -0.15) is 0 Å². The largest absolute Gasteiger partial charge is 0.316 e. The topological polar surface area (TPSA) is 12.0 Å². The predicted octanol–water partition coefficient (Wildman–Crippen LogP) is 4.95. The lowest BCUT2D eigenvalue weighted by atomic mass is 9.75. The van der Waals surface area contributed by atoms with Crippen molar-refractivity contribution in [1.82, 2.24) is 5.32 Å². The quantitative estimate of drug-likeness (QED) is 0.597. The highest BCUT2D eigenvalue weighted by atomic mass is 19.1. The maximum Gasteiger partial charge on any atom is 0.126 e. The van der Waals surface area contributed by atoms with E-state index in [0.717, 1.165) is 37.9 Å². The van der Waals surface area contributed by atoms with Gasteiger partial charge < -0.3 is 5.32 Å². The molecule has 1 N–H and O–H groups in total. The first-order valence-electron chi connectivity index (χ1n) is 8.11. The Balaban J connectivity index is 2.81. The molecule has 1 aromatic rings. The van der Waals surface area contributed by atoms with Crippen LogP contribution in [-0.4, -0.2) is 13.1 Å². The van der Waals surface area contributed by atoms with E-state index >= 15 is 0 Å². The van der Waals surface area contributed by atoms with Gasteiger partial charge in [-0.25, -0.2) is 4.39 Å². The average molecular weight is 279 g/mol. The maximum absolute atomic E-state index is 13.9. The van der Waals surface area contributed by atoms with Crippen LogP contribution >= 0.6 is 0 Å². The van der Waals surface area contributed by atoms with Crippen LogP contribution in [-0.2, 0) is 6.42 Å². The third-order valence-corrected chi connectivity index (χ3v) is 4.26. The van der Waals surface area contributed by atoms with Crippen LogP contribution in [0.3, 0.4) is 0 Å². The summed E-state index contributed by atoms with van der Waals surface area (Å²) in [5.41, 5.74) is 1.05. The number of nitrogens with one attached hydrogen (secondary N) is 1. The Morgan fingerprint density at radius 1 is 1.10 bits per heavy atom. The third kappa shape index (κ3) is 5.24. The van der Waals surface area contributed by atoms with Gasteiger partial charge in [0.25, 0.3) is 0 Å². The molecule has 0 aliphatic heterocycles. The van der Waals surface area contributed by atoms with Gasteiger partial charge in [0.2, 0.25) is 0 Å². The molecule has 1 unspecified atom stereocenters. The van der Waals surface area contributed by atoms with E-state index in [1.807, 2.05) is 12.1 Å². The van der Waals surface area contributed by atoms with Gasteiger partial charge in [-0.05, 0) is 49.3 Å². The molecule has 0 bridgehead atoms. The van der Waals surface area contributed by atoms with Gasteiger partial charge in [0, 0.05) is 6.54 Å². The molecule has 1 atom stereocenters. The summed E-state index contributed by atoms with van der Waals surface area (Å²) in [7, 11) is 0. The van der Waals surface area contributed by atoms with Crippen LogP contribution in [0.2, 0.25) is 0 Å². The summed E-state index contributed by atoms with van der Waals surface area (Å²) in [6, 6.07) is 7.23. The monoisotopic (exact) mass is 279 g/mol. The Morgan fingerprint density at radius 2 is 1.85 bits per heavy atom. The van der Waals surface area contributed by atoms with Crippen LogP contribution in [0.1, 0.15) is 58.4 Å². The number of benzene rings is 1. The number of rotatable bonds is 10. The number of halogens is 1. The molecule has 1 aromatic carbocycles. The molecule has 2 heteroatoms. The Kier molecular flexibility index (Phi) is 7.83. The highest BCUT2D eigenvalue weighted by Gasteiger charge is 2.28. The molecule has 0 aromatic heterocycles. The van der Waals surface area contributed by atoms with Gasteiger partial charge >= 0.3 is 0 Å².